The molecular weight excluding hydrogens is 254 g/mol. The summed E-state index contributed by atoms with van der Waals surface area (Å²) in [6, 6.07) is 0.385. The maximum Gasteiger partial charge on any atom is 0.134 e. The van der Waals surface area contributed by atoms with E-state index in [4.69, 9.17) is 0 Å². The Morgan fingerprint density at radius 3 is 2.74 bits per heavy atom. The molecule has 19 heavy (non-hydrogen) atoms. The van der Waals surface area contributed by atoms with E-state index in [1.54, 1.807) is 0 Å². The molecule has 4 heteroatoms. The topological polar surface area (TPSA) is 37.8 Å². The second-order valence-electron chi connectivity index (χ2n) is 6.33. The first kappa shape index (κ1) is 14.9. The van der Waals surface area contributed by atoms with Gasteiger partial charge in [0.2, 0.25) is 0 Å². The van der Waals surface area contributed by atoms with Crippen LogP contribution in [-0.4, -0.2) is 16.7 Å². The average Bonchev–Trinajstić information content (AvgIpc) is 2.96. The molecule has 0 aliphatic heterocycles. The predicted molar refractivity (Wildman–Crippen MR) is 81.6 cm³/mol. The van der Waals surface area contributed by atoms with E-state index in [0.29, 0.717) is 17.4 Å². The highest BCUT2D eigenvalue weighted by atomic mass is 32.1. The zero-order valence-corrected chi connectivity index (χ0v) is 13.5. The fraction of sp³-hybridized carbons (Fsp3) is 0.867. The minimum Gasteiger partial charge on any atom is -0.308 e. The molecule has 0 spiro atoms. The molecule has 2 atom stereocenters. The second kappa shape index (κ2) is 6.31. The van der Waals surface area contributed by atoms with Crippen LogP contribution in [0.2, 0.25) is 0 Å². The quantitative estimate of drug-likeness (QED) is 0.845. The number of nitrogens with one attached hydrogen (secondary N) is 1. The number of aromatic nitrogens is 2. The van der Waals surface area contributed by atoms with E-state index in [9.17, 15) is 0 Å². The van der Waals surface area contributed by atoms with Crippen LogP contribution >= 0.6 is 11.3 Å². The highest BCUT2D eigenvalue weighted by molar-refractivity contribution is 7.11. The monoisotopic (exact) mass is 281 g/mol. The predicted octanol–water partition coefficient (Wildman–Crippen LogP) is 4.28. The molecule has 0 radical (unpaired) electrons. The maximum atomic E-state index is 4.50. The summed E-state index contributed by atoms with van der Waals surface area (Å²) >= 11 is 1.83. The van der Waals surface area contributed by atoms with Gasteiger partial charge in [0.1, 0.15) is 10.0 Å². The van der Waals surface area contributed by atoms with Crippen molar-refractivity contribution in [3.8, 4) is 0 Å². The normalized spacial score (nSPS) is 23.7. The molecule has 1 aliphatic carbocycles. The first-order valence-corrected chi connectivity index (χ1v) is 8.46. The van der Waals surface area contributed by atoms with Crippen LogP contribution in [0.1, 0.15) is 81.8 Å². The Kier molecular flexibility index (Phi) is 4.96. The fourth-order valence-corrected chi connectivity index (χ4v) is 4.39. The average molecular weight is 281 g/mol. The van der Waals surface area contributed by atoms with Gasteiger partial charge in [-0.3, -0.25) is 0 Å². The third-order valence-electron chi connectivity index (χ3n) is 4.36. The molecule has 2 unspecified atom stereocenters. The molecule has 1 N–H and O–H groups in total. The van der Waals surface area contributed by atoms with Gasteiger partial charge in [0, 0.05) is 5.92 Å². The van der Waals surface area contributed by atoms with Crippen molar-refractivity contribution in [2.45, 2.75) is 71.8 Å². The lowest BCUT2D eigenvalue weighted by Crippen LogP contribution is -2.21. The van der Waals surface area contributed by atoms with E-state index in [1.165, 1.54) is 29.3 Å². The molecule has 1 fully saturated rings. The SMILES string of the molecule is CCCNC(CC)c1nnc(C2CCCC2(C)C)s1. The van der Waals surface area contributed by atoms with Gasteiger partial charge in [-0.05, 0) is 37.6 Å². The van der Waals surface area contributed by atoms with Crippen LogP contribution in [0.5, 0.6) is 0 Å². The molecule has 3 nitrogen and oxygen atoms in total. The molecular formula is C15H27N3S. The lowest BCUT2D eigenvalue weighted by molar-refractivity contribution is 0.330. The van der Waals surface area contributed by atoms with Crippen molar-refractivity contribution < 1.29 is 0 Å². The van der Waals surface area contributed by atoms with Gasteiger partial charge in [-0.25, -0.2) is 0 Å². The van der Waals surface area contributed by atoms with Crippen LogP contribution < -0.4 is 5.32 Å². The summed E-state index contributed by atoms with van der Waals surface area (Å²) < 4.78 is 0. The van der Waals surface area contributed by atoms with Crippen molar-refractivity contribution in [1.82, 2.24) is 15.5 Å². The standard InChI is InChI=1S/C15H27N3S/c1-5-10-16-12(6-2)14-18-17-13(19-14)11-8-7-9-15(11,3)4/h11-12,16H,5-10H2,1-4H3. The van der Waals surface area contributed by atoms with Crippen LogP contribution in [0.4, 0.5) is 0 Å². The summed E-state index contributed by atoms with van der Waals surface area (Å²) in [5, 5.41) is 15.0. The Balaban J connectivity index is 2.09. The summed E-state index contributed by atoms with van der Waals surface area (Å²) in [4.78, 5) is 0. The van der Waals surface area contributed by atoms with Gasteiger partial charge in [0.25, 0.3) is 0 Å². The van der Waals surface area contributed by atoms with Gasteiger partial charge >= 0.3 is 0 Å². The molecule has 2 rings (SSSR count). The highest BCUT2D eigenvalue weighted by Crippen LogP contribution is 2.49. The van der Waals surface area contributed by atoms with Crippen molar-refractivity contribution in [3.05, 3.63) is 10.0 Å². The van der Waals surface area contributed by atoms with Gasteiger partial charge < -0.3 is 5.32 Å². The van der Waals surface area contributed by atoms with Crippen LogP contribution in [0.15, 0.2) is 0 Å². The van der Waals surface area contributed by atoms with Crippen molar-refractivity contribution in [1.29, 1.82) is 0 Å². The van der Waals surface area contributed by atoms with E-state index in [0.717, 1.165) is 19.4 Å². The molecule has 0 saturated heterocycles. The number of hydrogen-bond donors (Lipinski definition) is 1. The smallest absolute Gasteiger partial charge is 0.134 e. The third-order valence-corrected chi connectivity index (χ3v) is 5.51. The zero-order chi connectivity index (χ0) is 13.9. The molecule has 0 aromatic carbocycles. The van der Waals surface area contributed by atoms with E-state index in [1.807, 2.05) is 11.3 Å². The first-order valence-electron chi connectivity index (χ1n) is 7.65. The van der Waals surface area contributed by atoms with E-state index < -0.39 is 0 Å². The Morgan fingerprint density at radius 2 is 2.16 bits per heavy atom. The minimum absolute atomic E-state index is 0.385. The fourth-order valence-electron chi connectivity index (χ4n) is 3.04. The summed E-state index contributed by atoms with van der Waals surface area (Å²) in [6.07, 6.45) is 6.18. The molecule has 0 amide bonds. The minimum atomic E-state index is 0.385. The molecule has 1 heterocycles. The van der Waals surface area contributed by atoms with Crippen molar-refractivity contribution in [2.75, 3.05) is 6.54 Å². The van der Waals surface area contributed by atoms with Crippen molar-refractivity contribution in [2.24, 2.45) is 5.41 Å². The summed E-state index contributed by atoms with van der Waals surface area (Å²) in [5.41, 5.74) is 0.398. The number of nitrogens with zero attached hydrogens (tertiary/aromatic N) is 2. The van der Waals surface area contributed by atoms with Gasteiger partial charge in [0.15, 0.2) is 0 Å². The van der Waals surface area contributed by atoms with Gasteiger partial charge in [0.05, 0.1) is 6.04 Å². The zero-order valence-electron chi connectivity index (χ0n) is 12.7. The van der Waals surface area contributed by atoms with Gasteiger partial charge in [-0.1, -0.05) is 45.5 Å². The Hall–Kier alpha value is -0.480. The lowest BCUT2D eigenvalue weighted by atomic mass is 9.82. The maximum absolute atomic E-state index is 4.50. The largest absolute Gasteiger partial charge is 0.308 e. The Labute approximate surface area is 121 Å². The van der Waals surface area contributed by atoms with E-state index in [2.05, 4.69) is 43.2 Å². The Bertz CT molecular complexity index is 400. The Morgan fingerprint density at radius 1 is 1.37 bits per heavy atom. The van der Waals surface area contributed by atoms with Gasteiger partial charge in [-0.15, -0.1) is 10.2 Å². The molecule has 1 aromatic rings. The first-order chi connectivity index (χ1) is 9.08. The molecule has 0 bridgehead atoms. The second-order valence-corrected chi connectivity index (χ2v) is 7.37. The summed E-state index contributed by atoms with van der Waals surface area (Å²) in [5.74, 6) is 0.613. The molecule has 108 valence electrons. The van der Waals surface area contributed by atoms with E-state index in [-0.39, 0.29) is 0 Å². The third kappa shape index (κ3) is 3.34. The number of hydrogen-bond acceptors (Lipinski definition) is 4. The number of rotatable bonds is 6. The summed E-state index contributed by atoms with van der Waals surface area (Å²) in [6.45, 7) is 10.2. The lowest BCUT2D eigenvalue weighted by Gasteiger charge is -2.24. The van der Waals surface area contributed by atoms with Crippen LogP contribution in [0.25, 0.3) is 0 Å². The van der Waals surface area contributed by atoms with Crippen LogP contribution in [-0.2, 0) is 0 Å². The van der Waals surface area contributed by atoms with Gasteiger partial charge in [-0.2, -0.15) is 0 Å². The highest BCUT2D eigenvalue weighted by Gasteiger charge is 2.37. The molecule has 1 aliphatic rings. The molecule has 1 saturated carbocycles. The molecule has 1 aromatic heterocycles. The van der Waals surface area contributed by atoms with Crippen molar-refractivity contribution in [3.63, 3.8) is 0 Å². The van der Waals surface area contributed by atoms with E-state index >= 15 is 0 Å². The van der Waals surface area contributed by atoms with Crippen molar-refractivity contribution >= 4 is 11.3 Å². The summed E-state index contributed by atoms with van der Waals surface area (Å²) in [7, 11) is 0. The van der Waals surface area contributed by atoms with Crippen LogP contribution in [0.3, 0.4) is 0 Å². The van der Waals surface area contributed by atoms with Crippen LogP contribution in [0, 0.1) is 5.41 Å².